The van der Waals surface area contributed by atoms with Crippen LogP contribution in [0.25, 0.3) is 154 Å². The number of hydrogen-bond donors (Lipinski definition) is 0. The van der Waals surface area contributed by atoms with Crippen LogP contribution in [0.5, 0.6) is 0 Å². The zero-order valence-corrected chi connectivity index (χ0v) is 48.0. The van der Waals surface area contributed by atoms with Crippen molar-refractivity contribution in [3.8, 4) is 89.8 Å². The normalized spacial score (nSPS) is 12.3. The van der Waals surface area contributed by atoms with Gasteiger partial charge in [0.25, 0.3) is 0 Å². The van der Waals surface area contributed by atoms with Crippen LogP contribution in [0, 0.1) is 0 Å². The van der Waals surface area contributed by atoms with Crippen LogP contribution in [0.15, 0.2) is 286 Å². The van der Waals surface area contributed by atoms with E-state index in [1.165, 1.54) is 64.2 Å². The molecule has 0 amide bonds. The Morgan fingerprint density at radius 1 is 0.287 bits per heavy atom. The molecule has 0 atom stereocenters. The van der Waals surface area contributed by atoms with Crippen LogP contribution in [0.4, 0.5) is 0 Å². The van der Waals surface area contributed by atoms with Crippen molar-refractivity contribution >= 4 is 75.9 Å². The maximum Gasteiger partial charge on any atom is 0.0708 e. The summed E-state index contributed by atoms with van der Waals surface area (Å²) < 4.78 is 7.52. The number of thiophene rings is 1. The molecule has 16 aromatic rings. The van der Waals surface area contributed by atoms with Crippen molar-refractivity contribution in [3.63, 3.8) is 0 Å². The van der Waals surface area contributed by atoms with Gasteiger partial charge in [-0.05, 0) is 185 Å². The molecule has 6 nitrogen and oxygen atoms in total. The summed E-state index contributed by atoms with van der Waals surface area (Å²) in [5.74, 6) is 0. The van der Waals surface area contributed by atoms with Gasteiger partial charge in [-0.3, -0.25) is 19.9 Å². The van der Waals surface area contributed by atoms with Crippen molar-refractivity contribution in [3.05, 3.63) is 302 Å². The van der Waals surface area contributed by atoms with Gasteiger partial charge in [0, 0.05) is 106 Å². The molecule has 408 valence electrons. The van der Waals surface area contributed by atoms with E-state index in [4.69, 9.17) is 19.9 Å². The molecule has 17 rings (SSSR count). The highest BCUT2D eigenvalue weighted by Crippen LogP contribution is 2.46. The molecule has 1 aliphatic carbocycles. The third kappa shape index (κ3) is 8.61. The summed E-state index contributed by atoms with van der Waals surface area (Å²) in [5.41, 5.74) is 26.0. The molecule has 1 aliphatic rings. The van der Waals surface area contributed by atoms with Crippen molar-refractivity contribution in [1.82, 2.24) is 29.1 Å². The van der Waals surface area contributed by atoms with Gasteiger partial charge >= 0.3 is 0 Å². The highest BCUT2D eigenvalue weighted by molar-refractivity contribution is 7.25. The molecule has 0 spiro atoms. The Labute approximate surface area is 507 Å². The SMILES string of the molecule is C1=C(c2ccccc2-c2ccccn2)CCc2c1c1cc(-c3ccccc3-c3ccccn3)ccc1n2-c1ccc2sc3ccc(-n4c5ccc(-c6ccccc6-c6ccccn6)cc5c5cc(-c6ccccc6-c6ccccn6)ccc54)cc3c2c1. The van der Waals surface area contributed by atoms with Gasteiger partial charge in [0.05, 0.1) is 39.3 Å². The largest absolute Gasteiger partial charge is 0.313 e. The Bertz CT molecular complexity index is 5250. The number of pyridine rings is 4. The number of benzene rings is 9. The molecule has 0 bridgehead atoms. The summed E-state index contributed by atoms with van der Waals surface area (Å²) in [6.07, 6.45) is 11.7. The Hall–Kier alpha value is -11.1. The van der Waals surface area contributed by atoms with Crippen LogP contribution in [0.2, 0.25) is 0 Å². The molecule has 87 heavy (non-hydrogen) atoms. The number of nitrogens with zero attached hydrogens (tertiary/aromatic N) is 6. The van der Waals surface area contributed by atoms with Crippen LogP contribution >= 0.6 is 11.3 Å². The van der Waals surface area contributed by atoms with E-state index in [2.05, 4.69) is 252 Å². The molecule has 0 unspecified atom stereocenters. The molecule has 0 fully saturated rings. The fraction of sp³-hybridized carbons (Fsp3) is 0.0250. The Balaban J connectivity index is 0.841. The first kappa shape index (κ1) is 50.4. The van der Waals surface area contributed by atoms with E-state index in [-0.39, 0.29) is 0 Å². The lowest BCUT2D eigenvalue weighted by molar-refractivity contribution is 0.899. The molecular weight excluding hydrogens is 1080 g/mol. The van der Waals surface area contributed by atoms with Crippen molar-refractivity contribution in [2.24, 2.45) is 0 Å². The lowest BCUT2D eigenvalue weighted by Crippen LogP contribution is -2.05. The highest BCUT2D eigenvalue weighted by atomic mass is 32.1. The van der Waals surface area contributed by atoms with Gasteiger partial charge < -0.3 is 9.13 Å². The van der Waals surface area contributed by atoms with Gasteiger partial charge in [-0.1, -0.05) is 140 Å². The van der Waals surface area contributed by atoms with Gasteiger partial charge in [-0.25, -0.2) is 0 Å². The van der Waals surface area contributed by atoms with Crippen molar-refractivity contribution in [1.29, 1.82) is 0 Å². The number of allylic oxidation sites excluding steroid dienone is 1. The van der Waals surface area contributed by atoms with Crippen LogP contribution in [-0.2, 0) is 6.42 Å². The summed E-state index contributed by atoms with van der Waals surface area (Å²) in [4.78, 5) is 19.2. The summed E-state index contributed by atoms with van der Waals surface area (Å²) in [6, 6.07) is 94.4. The molecule has 7 heteroatoms. The number of hydrogen-bond acceptors (Lipinski definition) is 5. The zero-order chi connectivity index (χ0) is 57.4. The summed E-state index contributed by atoms with van der Waals surface area (Å²) in [7, 11) is 0. The second-order valence-electron chi connectivity index (χ2n) is 22.4. The fourth-order valence-corrected chi connectivity index (χ4v) is 14.6. The Kier molecular flexibility index (Phi) is 12.1. The van der Waals surface area contributed by atoms with E-state index in [0.29, 0.717) is 0 Å². The molecule has 9 aromatic carbocycles. The van der Waals surface area contributed by atoms with Crippen LogP contribution in [0.3, 0.4) is 0 Å². The molecule has 0 N–H and O–H groups in total. The lowest BCUT2D eigenvalue weighted by atomic mass is 9.87. The monoisotopic (exact) mass is 1130 g/mol. The predicted octanol–water partition coefficient (Wildman–Crippen LogP) is 20.8. The Morgan fingerprint density at radius 3 is 1.08 bits per heavy atom. The van der Waals surface area contributed by atoms with Gasteiger partial charge in [0.15, 0.2) is 0 Å². The van der Waals surface area contributed by atoms with Crippen LogP contribution in [0.1, 0.15) is 23.2 Å². The maximum atomic E-state index is 4.82. The maximum absolute atomic E-state index is 4.82. The lowest BCUT2D eigenvalue weighted by Gasteiger charge is -2.19. The van der Waals surface area contributed by atoms with E-state index in [9.17, 15) is 0 Å². The zero-order valence-electron chi connectivity index (χ0n) is 47.2. The first-order chi connectivity index (χ1) is 43.1. The molecule has 0 saturated heterocycles. The van der Waals surface area contributed by atoms with E-state index in [1.54, 1.807) is 0 Å². The third-order valence-corrected chi connectivity index (χ3v) is 18.7. The second kappa shape index (κ2) is 20.9. The summed E-state index contributed by atoms with van der Waals surface area (Å²) in [5, 5.41) is 6.06. The van der Waals surface area contributed by atoms with Gasteiger partial charge in [-0.15, -0.1) is 11.3 Å². The van der Waals surface area contributed by atoms with Gasteiger partial charge in [0.2, 0.25) is 0 Å². The predicted molar refractivity (Wildman–Crippen MR) is 362 cm³/mol. The number of fused-ring (bicyclic) bond motifs is 9. The second-order valence-corrected chi connectivity index (χ2v) is 23.5. The minimum atomic E-state index is 0.874. The minimum Gasteiger partial charge on any atom is -0.313 e. The van der Waals surface area contributed by atoms with Crippen molar-refractivity contribution in [2.45, 2.75) is 12.8 Å². The smallest absolute Gasteiger partial charge is 0.0708 e. The van der Waals surface area contributed by atoms with E-state index in [0.717, 1.165) is 114 Å². The third-order valence-electron chi connectivity index (χ3n) is 17.5. The molecule has 7 heterocycles. The Morgan fingerprint density at radius 2 is 0.655 bits per heavy atom. The van der Waals surface area contributed by atoms with Gasteiger partial charge in [-0.2, -0.15) is 0 Å². The summed E-state index contributed by atoms with van der Waals surface area (Å²) >= 11 is 1.86. The van der Waals surface area contributed by atoms with Crippen molar-refractivity contribution < 1.29 is 0 Å². The van der Waals surface area contributed by atoms with Crippen molar-refractivity contribution in [2.75, 3.05) is 0 Å². The summed E-state index contributed by atoms with van der Waals surface area (Å²) in [6.45, 7) is 0. The molecule has 0 aliphatic heterocycles. The van der Waals surface area contributed by atoms with E-state index < -0.39 is 0 Å². The highest BCUT2D eigenvalue weighted by Gasteiger charge is 2.26. The molecule has 0 radical (unpaired) electrons. The average Bonchev–Trinajstić information content (AvgIpc) is 1.70. The standard InChI is InChI=1S/C80H52N6S/c1-5-21-61(71-25-9-13-41-81-71)57(17-1)51-29-35-75-65(45-51)66-46-52(58-18-2-6-22-62(58)72-26-10-14-42-82-72)30-36-76(66)85(75)55-33-39-79-69(49-55)70-50-56(34-40-80(70)87-79)86-77-37-31-53(59-19-3-7-23-63(59)73-27-11-15-43-83-73)47-67(77)68-48-54(32-38-78(68)86)60-20-4-8-24-64(60)74-28-12-16-44-84-74/h1-31,33-37,39-50H,32,38H2. The minimum absolute atomic E-state index is 0.874. The molecular formula is C80H52N6S. The quantitative estimate of drug-likeness (QED) is 0.137. The van der Waals surface area contributed by atoms with E-state index in [1.807, 2.05) is 60.4 Å². The first-order valence-corrected chi connectivity index (χ1v) is 30.4. The van der Waals surface area contributed by atoms with Gasteiger partial charge in [0.1, 0.15) is 0 Å². The fourth-order valence-electron chi connectivity index (χ4n) is 13.6. The first-order valence-electron chi connectivity index (χ1n) is 29.6. The van der Waals surface area contributed by atoms with Crippen LogP contribution in [-0.4, -0.2) is 29.1 Å². The number of aromatic nitrogens is 6. The molecule has 7 aromatic heterocycles. The number of rotatable bonds is 10. The van der Waals surface area contributed by atoms with Crippen LogP contribution < -0.4 is 0 Å². The average molecular weight is 1130 g/mol. The topological polar surface area (TPSA) is 61.4 Å². The van der Waals surface area contributed by atoms with E-state index >= 15 is 0 Å². The molecule has 0 saturated carbocycles.